The normalized spacial score (nSPS) is 15.4. The summed E-state index contributed by atoms with van der Waals surface area (Å²) in [6.07, 6.45) is 3.49. The van der Waals surface area contributed by atoms with E-state index in [2.05, 4.69) is 0 Å². The van der Waals surface area contributed by atoms with Gasteiger partial charge in [-0.25, -0.2) is 8.78 Å². The monoisotopic (exact) mass is 320 g/mol. The molecule has 2 nitrogen and oxygen atoms in total. The average molecular weight is 320 g/mol. The Morgan fingerprint density at radius 3 is 2.41 bits per heavy atom. The number of aromatic hydroxyl groups is 1. The Hall–Kier alpha value is -1.88. The van der Waals surface area contributed by atoms with Crippen molar-refractivity contribution in [2.45, 2.75) is 19.3 Å². The lowest BCUT2D eigenvalue weighted by atomic mass is 9.86. The lowest BCUT2D eigenvalue weighted by molar-refractivity contribution is 0.176. The Balaban J connectivity index is 1.80. The first-order chi connectivity index (χ1) is 10.6. The van der Waals surface area contributed by atoms with Crippen molar-refractivity contribution < 1.29 is 18.6 Å². The molecule has 1 N–H and O–H groups in total. The van der Waals surface area contributed by atoms with Crippen molar-refractivity contribution in [3.8, 4) is 11.5 Å². The highest BCUT2D eigenvalue weighted by Crippen LogP contribution is 2.41. The number of halogens is 2. The SMILES string of the molecule is Oc1ccc2c(sc3c(F)c(OCC4CCC4)ccc32)c1F. The predicted octanol–water partition coefficient (Wildman–Crippen LogP) is 5.22. The van der Waals surface area contributed by atoms with E-state index in [1.165, 1.54) is 12.5 Å². The third-order valence-electron chi connectivity index (χ3n) is 4.33. The van der Waals surface area contributed by atoms with Gasteiger partial charge in [0.1, 0.15) is 0 Å². The molecule has 3 aromatic rings. The van der Waals surface area contributed by atoms with Gasteiger partial charge in [0, 0.05) is 10.8 Å². The molecular weight excluding hydrogens is 306 g/mol. The van der Waals surface area contributed by atoms with E-state index in [1.54, 1.807) is 18.2 Å². The van der Waals surface area contributed by atoms with E-state index in [0.717, 1.165) is 24.2 Å². The van der Waals surface area contributed by atoms with Crippen LogP contribution in [0.4, 0.5) is 8.78 Å². The van der Waals surface area contributed by atoms with Gasteiger partial charge in [-0.2, -0.15) is 0 Å². The molecule has 0 spiro atoms. The molecule has 1 aliphatic carbocycles. The van der Waals surface area contributed by atoms with E-state index in [0.29, 0.717) is 28.0 Å². The smallest absolute Gasteiger partial charge is 0.182 e. The van der Waals surface area contributed by atoms with Gasteiger partial charge in [-0.15, -0.1) is 11.3 Å². The Kier molecular flexibility index (Phi) is 3.18. The van der Waals surface area contributed by atoms with Gasteiger partial charge < -0.3 is 9.84 Å². The third kappa shape index (κ3) is 2.03. The van der Waals surface area contributed by atoms with Gasteiger partial charge >= 0.3 is 0 Å². The number of thiophene rings is 1. The molecule has 22 heavy (non-hydrogen) atoms. The zero-order valence-corrected chi connectivity index (χ0v) is 12.6. The summed E-state index contributed by atoms with van der Waals surface area (Å²) in [4.78, 5) is 0. The summed E-state index contributed by atoms with van der Waals surface area (Å²) in [5, 5.41) is 10.7. The van der Waals surface area contributed by atoms with Crippen LogP contribution in [0.5, 0.6) is 11.5 Å². The Bertz CT molecular complexity index is 868. The molecule has 2 aromatic carbocycles. The minimum absolute atomic E-state index is 0.218. The van der Waals surface area contributed by atoms with Crippen molar-refractivity contribution in [1.82, 2.24) is 0 Å². The fourth-order valence-electron chi connectivity index (χ4n) is 2.79. The van der Waals surface area contributed by atoms with Crippen LogP contribution in [0.3, 0.4) is 0 Å². The van der Waals surface area contributed by atoms with Crippen LogP contribution in [0.25, 0.3) is 20.2 Å². The number of rotatable bonds is 3. The molecule has 1 fully saturated rings. The molecule has 1 saturated carbocycles. The van der Waals surface area contributed by atoms with Crippen molar-refractivity contribution in [2.24, 2.45) is 5.92 Å². The summed E-state index contributed by atoms with van der Waals surface area (Å²) in [5.74, 6) is -0.824. The molecule has 0 unspecified atom stereocenters. The minimum atomic E-state index is -0.699. The van der Waals surface area contributed by atoms with E-state index in [1.807, 2.05) is 0 Å². The van der Waals surface area contributed by atoms with E-state index < -0.39 is 17.4 Å². The van der Waals surface area contributed by atoms with Crippen LogP contribution < -0.4 is 4.74 Å². The van der Waals surface area contributed by atoms with Crippen LogP contribution in [0.1, 0.15) is 19.3 Å². The van der Waals surface area contributed by atoms with Gasteiger partial charge in [-0.3, -0.25) is 0 Å². The van der Waals surface area contributed by atoms with Gasteiger partial charge in [-0.05, 0) is 43.0 Å². The second kappa shape index (κ2) is 5.09. The van der Waals surface area contributed by atoms with Gasteiger partial charge in [0.05, 0.1) is 16.0 Å². The number of fused-ring (bicyclic) bond motifs is 3. The highest BCUT2D eigenvalue weighted by Gasteiger charge is 2.21. The van der Waals surface area contributed by atoms with Gasteiger partial charge in [0.25, 0.3) is 0 Å². The highest BCUT2D eigenvalue weighted by molar-refractivity contribution is 7.25. The van der Waals surface area contributed by atoms with Crippen molar-refractivity contribution in [1.29, 1.82) is 0 Å². The predicted molar refractivity (Wildman–Crippen MR) is 83.7 cm³/mol. The Labute approximate surface area is 129 Å². The lowest BCUT2D eigenvalue weighted by Gasteiger charge is -2.25. The maximum Gasteiger partial charge on any atom is 0.182 e. The molecule has 0 radical (unpaired) electrons. The Morgan fingerprint density at radius 2 is 1.73 bits per heavy atom. The first-order valence-electron chi connectivity index (χ1n) is 7.30. The minimum Gasteiger partial charge on any atom is -0.505 e. The topological polar surface area (TPSA) is 29.5 Å². The quantitative estimate of drug-likeness (QED) is 0.717. The highest BCUT2D eigenvalue weighted by atomic mass is 32.1. The van der Waals surface area contributed by atoms with Crippen molar-refractivity contribution >= 4 is 31.5 Å². The lowest BCUT2D eigenvalue weighted by Crippen LogP contribution is -2.19. The molecule has 1 aliphatic rings. The number of ether oxygens (including phenoxy) is 1. The third-order valence-corrected chi connectivity index (χ3v) is 5.54. The van der Waals surface area contributed by atoms with Crippen LogP contribution in [-0.2, 0) is 0 Å². The van der Waals surface area contributed by atoms with Crippen LogP contribution in [0, 0.1) is 17.6 Å². The first-order valence-corrected chi connectivity index (χ1v) is 8.12. The number of phenols is 1. The first kappa shape index (κ1) is 13.8. The van der Waals surface area contributed by atoms with E-state index in [9.17, 15) is 13.9 Å². The maximum atomic E-state index is 14.6. The fraction of sp³-hybridized carbons (Fsp3) is 0.294. The summed E-state index contributed by atoms with van der Waals surface area (Å²) in [7, 11) is 0. The molecule has 4 rings (SSSR count). The fourth-order valence-corrected chi connectivity index (χ4v) is 3.95. The summed E-state index contributed by atoms with van der Waals surface area (Å²) < 4.78 is 34.8. The number of hydrogen-bond acceptors (Lipinski definition) is 3. The molecule has 5 heteroatoms. The molecule has 1 aromatic heterocycles. The second-order valence-electron chi connectivity index (χ2n) is 5.74. The van der Waals surface area contributed by atoms with Crippen LogP contribution in [0.15, 0.2) is 24.3 Å². The van der Waals surface area contributed by atoms with Crippen molar-refractivity contribution in [3.05, 3.63) is 35.9 Å². The molecule has 1 heterocycles. The molecule has 0 amide bonds. The number of benzene rings is 2. The molecule has 0 saturated heterocycles. The van der Waals surface area contributed by atoms with Crippen molar-refractivity contribution in [3.63, 3.8) is 0 Å². The molecule has 0 bridgehead atoms. The number of hydrogen-bond donors (Lipinski definition) is 1. The summed E-state index contributed by atoms with van der Waals surface area (Å²) in [6, 6.07) is 6.26. The zero-order chi connectivity index (χ0) is 15.3. The average Bonchev–Trinajstić information content (AvgIpc) is 2.84. The van der Waals surface area contributed by atoms with Gasteiger partial charge in [0.2, 0.25) is 0 Å². The molecular formula is C17H14F2O2S. The molecule has 0 aliphatic heterocycles. The van der Waals surface area contributed by atoms with Crippen LogP contribution in [0.2, 0.25) is 0 Å². The number of phenolic OH excluding ortho intramolecular Hbond substituents is 1. The van der Waals surface area contributed by atoms with Gasteiger partial charge in [0.15, 0.2) is 23.1 Å². The van der Waals surface area contributed by atoms with Crippen molar-refractivity contribution in [2.75, 3.05) is 6.61 Å². The van der Waals surface area contributed by atoms with E-state index in [-0.39, 0.29) is 10.4 Å². The summed E-state index contributed by atoms with van der Waals surface area (Å²) in [5.41, 5.74) is 0. The van der Waals surface area contributed by atoms with Gasteiger partial charge in [-0.1, -0.05) is 6.42 Å². The van der Waals surface area contributed by atoms with Crippen LogP contribution >= 0.6 is 11.3 Å². The molecule has 0 atom stereocenters. The summed E-state index contributed by atoms with van der Waals surface area (Å²) in [6.45, 7) is 0.530. The van der Waals surface area contributed by atoms with E-state index >= 15 is 0 Å². The largest absolute Gasteiger partial charge is 0.505 e. The summed E-state index contributed by atoms with van der Waals surface area (Å²) >= 11 is 1.01. The second-order valence-corrected chi connectivity index (χ2v) is 6.76. The van der Waals surface area contributed by atoms with Crippen LogP contribution in [-0.4, -0.2) is 11.7 Å². The molecule has 114 valence electrons. The van der Waals surface area contributed by atoms with E-state index in [4.69, 9.17) is 4.74 Å². The maximum absolute atomic E-state index is 14.6. The Morgan fingerprint density at radius 1 is 1.05 bits per heavy atom. The standard InChI is InChI=1S/C17H14F2O2S/c18-14-12(20)6-4-10-11-5-7-13(21-8-9-2-1-3-9)15(19)17(11)22-16(10)14/h4-7,9,20H,1-3,8H2. The zero-order valence-electron chi connectivity index (χ0n) is 11.7.